The van der Waals surface area contributed by atoms with E-state index >= 15 is 0 Å². The number of nitrogens with one attached hydrogen (secondary N) is 2. The van der Waals surface area contributed by atoms with Crippen molar-refractivity contribution in [2.24, 2.45) is 4.99 Å². The highest BCUT2D eigenvalue weighted by atomic mass is 127. The average Bonchev–Trinajstić information content (AvgIpc) is 3.09. The first-order chi connectivity index (χ1) is 12.4. The summed E-state index contributed by atoms with van der Waals surface area (Å²) in [7, 11) is 0. The number of aryl methyl sites for hydroxylation is 1. The number of rotatable bonds is 7. The van der Waals surface area contributed by atoms with E-state index in [9.17, 15) is 13.2 Å². The fourth-order valence-electron chi connectivity index (χ4n) is 2.18. The van der Waals surface area contributed by atoms with E-state index in [1.54, 1.807) is 31.4 Å². The van der Waals surface area contributed by atoms with Gasteiger partial charge in [-0.05, 0) is 37.6 Å². The predicted octanol–water partition coefficient (Wildman–Crippen LogP) is 4.40. The van der Waals surface area contributed by atoms with Crippen molar-refractivity contribution < 1.29 is 22.3 Å². The highest BCUT2D eigenvalue weighted by molar-refractivity contribution is 14.0. The number of nitrogens with zero attached hydrogens (tertiary/aromatic N) is 1. The van der Waals surface area contributed by atoms with E-state index in [2.05, 4.69) is 15.6 Å². The molecule has 2 aromatic rings. The Labute approximate surface area is 173 Å². The van der Waals surface area contributed by atoms with Gasteiger partial charge in [-0.15, -0.1) is 24.0 Å². The number of hydrogen-bond acceptors (Lipinski definition) is 3. The fraction of sp³-hybridized carbons (Fsp3) is 0.389. The molecule has 0 amide bonds. The molecule has 0 unspecified atom stereocenters. The van der Waals surface area contributed by atoms with Gasteiger partial charge in [0, 0.05) is 12.1 Å². The SMILES string of the molecule is CCNC(=NCc1ccc(C)cc1OCC(F)(F)F)NCc1ccco1.I. The van der Waals surface area contributed by atoms with Gasteiger partial charge in [-0.25, -0.2) is 4.99 Å². The molecule has 1 aromatic heterocycles. The molecule has 0 fully saturated rings. The molecule has 0 aliphatic carbocycles. The third-order valence-corrected chi connectivity index (χ3v) is 3.38. The Morgan fingerprint density at radius 3 is 2.63 bits per heavy atom. The van der Waals surface area contributed by atoms with Crippen LogP contribution in [-0.2, 0) is 13.1 Å². The van der Waals surface area contributed by atoms with Crippen LogP contribution in [0.3, 0.4) is 0 Å². The smallest absolute Gasteiger partial charge is 0.422 e. The van der Waals surface area contributed by atoms with Crippen LogP contribution >= 0.6 is 24.0 Å². The highest BCUT2D eigenvalue weighted by Gasteiger charge is 2.28. The minimum atomic E-state index is -4.39. The summed E-state index contributed by atoms with van der Waals surface area (Å²) in [5.41, 5.74) is 1.40. The van der Waals surface area contributed by atoms with Crippen molar-refractivity contribution in [2.75, 3.05) is 13.2 Å². The minimum Gasteiger partial charge on any atom is -0.484 e. The van der Waals surface area contributed by atoms with E-state index in [0.717, 1.165) is 11.3 Å². The summed E-state index contributed by atoms with van der Waals surface area (Å²) in [6.07, 6.45) is -2.80. The third kappa shape index (κ3) is 8.55. The molecule has 0 radical (unpaired) electrons. The molecular formula is C18H23F3IN3O2. The molecule has 0 saturated heterocycles. The summed E-state index contributed by atoms with van der Waals surface area (Å²) in [6.45, 7) is 3.67. The number of hydrogen-bond donors (Lipinski definition) is 2. The van der Waals surface area contributed by atoms with Crippen molar-refractivity contribution >= 4 is 29.9 Å². The Morgan fingerprint density at radius 2 is 2.00 bits per heavy atom. The first kappa shape index (κ1) is 23.1. The molecule has 0 atom stereocenters. The molecule has 27 heavy (non-hydrogen) atoms. The van der Waals surface area contributed by atoms with Crippen molar-refractivity contribution in [2.45, 2.75) is 33.1 Å². The highest BCUT2D eigenvalue weighted by Crippen LogP contribution is 2.24. The van der Waals surface area contributed by atoms with E-state index in [-0.39, 0.29) is 36.3 Å². The maximum absolute atomic E-state index is 12.4. The molecule has 0 aliphatic rings. The second-order valence-corrected chi connectivity index (χ2v) is 5.64. The topological polar surface area (TPSA) is 58.8 Å². The zero-order valence-corrected chi connectivity index (χ0v) is 17.4. The standard InChI is InChI=1S/C18H22F3N3O2.HI/c1-3-22-17(24-11-15-5-4-8-25-15)23-10-14-7-6-13(2)9-16(14)26-12-18(19,20)21;/h4-9H,3,10-12H2,1-2H3,(H2,22,23,24);1H. The summed E-state index contributed by atoms with van der Waals surface area (Å²) in [5, 5.41) is 6.18. The second kappa shape index (κ2) is 11.1. The molecule has 2 N–H and O–H groups in total. The van der Waals surface area contributed by atoms with E-state index < -0.39 is 12.8 Å². The maximum Gasteiger partial charge on any atom is 0.422 e. The van der Waals surface area contributed by atoms with Crippen LogP contribution in [0.5, 0.6) is 5.75 Å². The van der Waals surface area contributed by atoms with Gasteiger partial charge in [-0.2, -0.15) is 13.2 Å². The van der Waals surface area contributed by atoms with Gasteiger partial charge < -0.3 is 19.8 Å². The number of aliphatic imine (C=N–C) groups is 1. The molecule has 1 aromatic carbocycles. The van der Waals surface area contributed by atoms with Crippen molar-refractivity contribution in [3.8, 4) is 5.75 Å². The zero-order chi connectivity index (χ0) is 19.0. The second-order valence-electron chi connectivity index (χ2n) is 5.64. The van der Waals surface area contributed by atoms with Crippen LogP contribution in [0.1, 0.15) is 23.8 Å². The van der Waals surface area contributed by atoms with Gasteiger partial charge in [-0.1, -0.05) is 12.1 Å². The first-order valence-corrected chi connectivity index (χ1v) is 8.21. The Morgan fingerprint density at radius 1 is 1.22 bits per heavy atom. The van der Waals surface area contributed by atoms with Gasteiger partial charge in [0.25, 0.3) is 0 Å². The Kier molecular flexibility index (Phi) is 9.47. The number of benzene rings is 1. The quantitative estimate of drug-likeness (QED) is 0.338. The normalized spacial score (nSPS) is 11.7. The summed E-state index contributed by atoms with van der Waals surface area (Å²) in [5.74, 6) is 1.47. The molecule has 2 rings (SSSR count). The van der Waals surface area contributed by atoms with Crippen molar-refractivity contribution in [3.63, 3.8) is 0 Å². The molecule has 9 heteroatoms. The van der Waals surface area contributed by atoms with E-state index in [1.165, 1.54) is 0 Å². The van der Waals surface area contributed by atoms with Gasteiger partial charge in [-0.3, -0.25) is 0 Å². The van der Waals surface area contributed by atoms with Crippen molar-refractivity contribution in [3.05, 3.63) is 53.5 Å². The van der Waals surface area contributed by atoms with Crippen LogP contribution in [0.25, 0.3) is 0 Å². The number of halogens is 4. The van der Waals surface area contributed by atoms with Gasteiger partial charge >= 0.3 is 6.18 Å². The molecule has 0 aliphatic heterocycles. The van der Waals surface area contributed by atoms with E-state index in [4.69, 9.17) is 9.15 Å². The molecule has 5 nitrogen and oxygen atoms in total. The number of furan rings is 1. The number of ether oxygens (including phenoxy) is 1. The van der Waals surface area contributed by atoms with Gasteiger partial charge in [0.1, 0.15) is 11.5 Å². The lowest BCUT2D eigenvalue weighted by atomic mass is 10.1. The lowest BCUT2D eigenvalue weighted by Gasteiger charge is -2.14. The number of alkyl halides is 3. The Balaban J connectivity index is 0.00000364. The van der Waals surface area contributed by atoms with Crippen LogP contribution in [0.15, 0.2) is 46.0 Å². The van der Waals surface area contributed by atoms with Crippen molar-refractivity contribution in [1.82, 2.24) is 10.6 Å². The van der Waals surface area contributed by atoms with Crippen molar-refractivity contribution in [1.29, 1.82) is 0 Å². The monoisotopic (exact) mass is 497 g/mol. The van der Waals surface area contributed by atoms with Gasteiger partial charge in [0.2, 0.25) is 0 Å². The number of guanidine groups is 1. The lowest BCUT2D eigenvalue weighted by Crippen LogP contribution is -2.36. The van der Waals surface area contributed by atoms with Crippen LogP contribution in [0.2, 0.25) is 0 Å². The predicted molar refractivity (Wildman–Crippen MR) is 109 cm³/mol. The lowest BCUT2D eigenvalue weighted by molar-refractivity contribution is -0.153. The molecular weight excluding hydrogens is 474 g/mol. The molecule has 0 saturated carbocycles. The van der Waals surface area contributed by atoms with Crippen LogP contribution < -0.4 is 15.4 Å². The van der Waals surface area contributed by atoms with Crippen LogP contribution in [0, 0.1) is 6.92 Å². The summed E-state index contributed by atoms with van der Waals surface area (Å²) >= 11 is 0. The summed E-state index contributed by atoms with van der Waals surface area (Å²) in [6, 6.07) is 8.74. The van der Waals surface area contributed by atoms with Crippen LogP contribution in [0.4, 0.5) is 13.2 Å². The van der Waals surface area contributed by atoms with Gasteiger partial charge in [0.05, 0.1) is 19.4 Å². The largest absolute Gasteiger partial charge is 0.484 e. The summed E-state index contributed by atoms with van der Waals surface area (Å²) < 4.78 is 47.5. The van der Waals surface area contributed by atoms with E-state index in [0.29, 0.717) is 24.6 Å². The Hall–Kier alpha value is -1.91. The zero-order valence-electron chi connectivity index (χ0n) is 15.1. The molecule has 0 spiro atoms. The first-order valence-electron chi connectivity index (χ1n) is 8.21. The maximum atomic E-state index is 12.4. The minimum absolute atomic E-state index is 0. The Bertz CT molecular complexity index is 719. The van der Waals surface area contributed by atoms with Gasteiger partial charge in [0.15, 0.2) is 12.6 Å². The van der Waals surface area contributed by atoms with E-state index in [1.807, 2.05) is 19.1 Å². The average molecular weight is 497 g/mol. The molecule has 150 valence electrons. The fourth-order valence-corrected chi connectivity index (χ4v) is 2.18. The molecule has 1 heterocycles. The third-order valence-electron chi connectivity index (χ3n) is 3.38. The van der Waals surface area contributed by atoms with Crippen LogP contribution in [-0.4, -0.2) is 25.3 Å². The molecule has 0 bridgehead atoms. The summed E-state index contributed by atoms with van der Waals surface area (Å²) in [4.78, 5) is 4.41.